The fourth-order valence-corrected chi connectivity index (χ4v) is 2.00. The topological polar surface area (TPSA) is 47.6 Å². The smallest absolute Gasteiger partial charge is 0.402 e. The van der Waals surface area contributed by atoms with Crippen molar-refractivity contribution >= 4 is 11.8 Å². The molecule has 1 aromatic rings. The number of cyclic esters (lactones) is 1. The highest BCUT2D eigenvalue weighted by atomic mass is 19.4. The molecule has 2 rings (SSSR count). The minimum absolute atomic E-state index is 0.574. The van der Waals surface area contributed by atoms with Crippen LogP contribution >= 0.6 is 0 Å². The summed E-state index contributed by atoms with van der Waals surface area (Å²) in [7, 11) is 0. The summed E-state index contributed by atoms with van der Waals surface area (Å²) in [4.78, 5) is 11.4. The van der Waals surface area contributed by atoms with Gasteiger partial charge in [0.05, 0.1) is 17.9 Å². The van der Waals surface area contributed by atoms with Gasteiger partial charge in [-0.25, -0.2) is 13.6 Å². The van der Waals surface area contributed by atoms with E-state index in [4.69, 9.17) is 0 Å². The summed E-state index contributed by atoms with van der Waals surface area (Å²) < 4.78 is 77.0. The Labute approximate surface area is 127 Å². The van der Waals surface area contributed by atoms with Gasteiger partial charge < -0.3 is 9.47 Å². The highest BCUT2D eigenvalue weighted by Gasteiger charge is 2.65. The number of rotatable bonds is 3. The van der Waals surface area contributed by atoms with Crippen molar-refractivity contribution in [2.45, 2.75) is 25.8 Å². The minimum Gasteiger partial charge on any atom is -0.402 e. The highest BCUT2D eigenvalue weighted by Crippen LogP contribution is 2.49. The maximum Gasteiger partial charge on any atom is 0.460 e. The Morgan fingerprint density at radius 1 is 1.35 bits per heavy atom. The lowest BCUT2D eigenvalue weighted by Gasteiger charge is -2.38. The lowest BCUT2D eigenvalue weighted by atomic mass is 10.00. The number of hydrogen-bond donors (Lipinski definition) is 1. The van der Waals surface area contributed by atoms with Crippen LogP contribution in [0.4, 0.5) is 32.4 Å². The summed E-state index contributed by atoms with van der Waals surface area (Å²) >= 11 is 0. The van der Waals surface area contributed by atoms with Gasteiger partial charge in [-0.15, -0.1) is 0 Å². The molecule has 1 aromatic carbocycles. The number of amides is 1. The first-order valence-electron chi connectivity index (χ1n) is 6.41. The lowest BCUT2D eigenvalue weighted by molar-refractivity contribution is -0.369. The first kappa shape index (κ1) is 17.2. The SMILES string of the molecule is CC(C)=CCOC1(C(F)(F)F)OC(=O)Nc2ccc(F)c(F)c21. The van der Waals surface area contributed by atoms with E-state index in [0.29, 0.717) is 11.6 Å². The van der Waals surface area contributed by atoms with Crippen molar-refractivity contribution in [2.75, 3.05) is 11.9 Å². The number of anilines is 1. The van der Waals surface area contributed by atoms with Gasteiger partial charge in [-0.2, -0.15) is 13.2 Å². The molecule has 0 aliphatic carbocycles. The third-order valence-corrected chi connectivity index (χ3v) is 3.05. The average molecular weight is 337 g/mol. The van der Waals surface area contributed by atoms with Crippen molar-refractivity contribution in [3.63, 3.8) is 0 Å². The zero-order valence-corrected chi connectivity index (χ0v) is 12.1. The van der Waals surface area contributed by atoms with Gasteiger partial charge >= 0.3 is 18.1 Å². The second kappa shape index (κ2) is 5.80. The molecule has 0 saturated carbocycles. The molecule has 0 radical (unpaired) electrons. The van der Waals surface area contributed by atoms with Crippen LogP contribution in [0.1, 0.15) is 19.4 Å². The molecule has 1 aliphatic rings. The van der Waals surface area contributed by atoms with Crippen molar-refractivity contribution in [2.24, 2.45) is 0 Å². The van der Waals surface area contributed by atoms with E-state index in [1.807, 2.05) is 5.32 Å². The number of fused-ring (bicyclic) bond motifs is 1. The van der Waals surface area contributed by atoms with Crippen LogP contribution in [-0.2, 0) is 15.3 Å². The first-order chi connectivity index (χ1) is 10.6. The quantitative estimate of drug-likeness (QED) is 0.663. The van der Waals surface area contributed by atoms with E-state index in [2.05, 4.69) is 9.47 Å². The molecule has 0 aromatic heterocycles. The van der Waals surface area contributed by atoms with E-state index in [-0.39, 0.29) is 0 Å². The molecule has 9 heteroatoms. The summed E-state index contributed by atoms with van der Waals surface area (Å²) in [6.45, 7) is 2.59. The second-order valence-corrected chi connectivity index (χ2v) is 5.01. The molecule has 4 nitrogen and oxygen atoms in total. The Kier molecular flexibility index (Phi) is 4.34. The van der Waals surface area contributed by atoms with Crippen molar-refractivity contribution in [1.29, 1.82) is 0 Å². The maximum absolute atomic E-state index is 14.0. The Morgan fingerprint density at radius 2 is 2.00 bits per heavy atom. The molecule has 1 atom stereocenters. The number of halogens is 5. The molecular weight excluding hydrogens is 325 g/mol. The van der Waals surface area contributed by atoms with Crippen LogP contribution in [0.25, 0.3) is 0 Å². The van der Waals surface area contributed by atoms with Crippen LogP contribution in [0.3, 0.4) is 0 Å². The lowest BCUT2D eigenvalue weighted by Crippen LogP contribution is -2.53. The zero-order valence-electron chi connectivity index (χ0n) is 12.1. The molecule has 0 bridgehead atoms. The van der Waals surface area contributed by atoms with Crippen molar-refractivity contribution in [3.8, 4) is 0 Å². The summed E-state index contributed by atoms with van der Waals surface area (Å²) in [6, 6.07) is 1.40. The molecule has 1 aliphatic heterocycles. The normalized spacial score (nSPS) is 20.4. The Bertz CT molecular complexity index is 667. The number of carbonyl (C=O) groups is 1. The van der Waals surface area contributed by atoms with Crippen LogP contribution in [0.15, 0.2) is 23.8 Å². The molecule has 1 amide bonds. The number of allylic oxidation sites excluding steroid dienone is 1. The number of alkyl halides is 3. The van der Waals surface area contributed by atoms with E-state index in [1.54, 1.807) is 13.8 Å². The van der Waals surface area contributed by atoms with E-state index in [1.165, 1.54) is 6.08 Å². The predicted octanol–water partition coefficient (Wildman–Crippen LogP) is 4.22. The molecular formula is C14H12F5NO3. The fourth-order valence-electron chi connectivity index (χ4n) is 2.00. The number of nitrogens with one attached hydrogen (secondary N) is 1. The van der Waals surface area contributed by atoms with Crippen LogP contribution in [0.2, 0.25) is 0 Å². The standard InChI is InChI=1S/C14H12F5NO3/c1-7(2)5-6-22-13(14(17,18)19)10-9(20-12(21)23-13)4-3-8(15)11(10)16/h3-5H,6H2,1-2H3,(H,20,21). The van der Waals surface area contributed by atoms with E-state index >= 15 is 0 Å². The van der Waals surface area contributed by atoms with Gasteiger partial charge in [-0.05, 0) is 26.0 Å². The van der Waals surface area contributed by atoms with E-state index in [9.17, 15) is 26.7 Å². The van der Waals surface area contributed by atoms with Crippen molar-refractivity contribution in [3.05, 3.63) is 41.0 Å². The Hall–Kier alpha value is -2.16. The van der Waals surface area contributed by atoms with Crippen LogP contribution in [0, 0.1) is 11.6 Å². The van der Waals surface area contributed by atoms with E-state index < -0.39 is 47.5 Å². The van der Waals surface area contributed by atoms with Gasteiger partial charge in [-0.3, -0.25) is 5.32 Å². The first-order valence-corrected chi connectivity index (χ1v) is 6.41. The molecule has 0 fully saturated rings. The summed E-state index contributed by atoms with van der Waals surface area (Å²) in [5.74, 6) is -7.07. The van der Waals surface area contributed by atoms with Gasteiger partial charge in [0.1, 0.15) is 0 Å². The molecule has 126 valence electrons. The summed E-state index contributed by atoms with van der Waals surface area (Å²) in [5, 5.41) is 1.89. The summed E-state index contributed by atoms with van der Waals surface area (Å²) in [6.07, 6.45) is -5.54. The molecule has 1 heterocycles. The van der Waals surface area contributed by atoms with Gasteiger partial charge in [0.25, 0.3) is 0 Å². The van der Waals surface area contributed by atoms with Gasteiger partial charge in [0, 0.05) is 0 Å². The van der Waals surface area contributed by atoms with Gasteiger partial charge in [-0.1, -0.05) is 11.6 Å². The van der Waals surface area contributed by atoms with Crippen molar-refractivity contribution < 1.29 is 36.2 Å². The second-order valence-electron chi connectivity index (χ2n) is 5.01. The zero-order chi connectivity index (χ0) is 17.4. The number of hydrogen-bond acceptors (Lipinski definition) is 3. The molecule has 23 heavy (non-hydrogen) atoms. The Morgan fingerprint density at radius 3 is 2.57 bits per heavy atom. The van der Waals surface area contributed by atoms with Crippen LogP contribution in [-0.4, -0.2) is 18.9 Å². The molecule has 0 saturated heterocycles. The number of ether oxygens (including phenoxy) is 2. The molecule has 1 N–H and O–H groups in total. The van der Waals surface area contributed by atoms with Gasteiger partial charge in [0.15, 0.2) is 11.6 Å². The van der Waals surface area contributed by atoms with Crippen molar-refractivity contribution in [1.82, 2.24) is 0 Å². The largest absolute Gasteiger partial charge is 0.460 e. The Balaban J connectivity index is 2.65. The maximum atomic E-state index is 14.0. The third kappa shape index (κ3) is 3.00. The highest BCUT2D eigenvalue weighted by molar-refractivity contribution is 5.88. The van der Waals surface area contributed by atoms with Crippen LogP contribution < -0.4 is 5.32 Å². The minimum atomic E-state index is -5.33. The van der Waals surface area contributed by atoms with Crippen LogP contribution in [0.5, 0.6) is 0 Å². The molecule has 1 unspecified atom stereocenters. The van der Waals surface area contributed by atoms with Gasteiger partial charge in [0.2, 0.25) is 0 Å². The van der Waals surface area contributed by atoms with E-state index in [0.717, 1.165) is 6.07 Å². The fraction of sp³-hybridized carbons (Fsp3) is 0.357. The molecule has 0 spiro atoms. The third-order valence-electron chi connectivity index (χ3n) is 3.05. The number of carbonyl (C=O) groups excluding carboxylic acids is 1. The predicted molar refractivity (Wildman–Crippen MR) is 69.6 cm³/mol. The summed E-state index contributed by atoms with van der Waals surface area (Å²) in [5.41, 5.74) is -1.20. The average Bonchev–Trinajstić information content (AvgIpc) is 2.40. The monoisotopic (exact) mass is 337 g/mol. The number of benzene rings is 1.